The molecule has 122 valence electrons. The summed E-state index contributed by atoms with van der Waals surface area (Å²) in [5.74, 6) is 0. The molecule has 3 aromatic rings. The van der Waals surface area contributed by atoms with Gasteiger partial charge in [0, 0.05) is 29.5 Å². The maximum atomic E-state index is 5.82. The number of nitrogens with one attached hydrogen (secondary N) is 1. The first-order chi connectivity index (χ1) is 12.3. The second kappa shape index (κ2) is 6.65. The Morgan fingerprint density at radius 3 is 2.20 bits per heavy atom. The molecule has 2 aromatic carbocycles. The zero-order valence-electron chi connectivity index (χ0n) is 13.8. The van der Waals surface area contributed by atoms with Gasteiger partial charge in [0.15, 0.2) is 0 Å². The van der Waals surface area contributed by atoms with Crippen LogP contribution in [0, 0.1) is 0 Å². The summed E-state index contributed by atoms with van der Waals surface area (Å²) in [6, 6.07) is 22.5. The van der Waals surface area contributed by atoms with Crippen LogP contribution >= 0.6 is 0 Å². The van der Waals surface area contributed by atoms with Gasteiger partial charge < -0.3 is 11.1 Å². The molecule has 1 aliphatic heterocycles. The molecular weight excluding hydrogens is 306 g/mol. The van der Waals surface area contributed by atoms with Crippen molar-refractivity contribution in [2.45, 2.75) is 6.42 Å². The average Bonchev–Trinajstić information content (AvgIpc) is 2.69. The first-order valence-electron chi connectivity index (χ1n) is 8.33. The molecule has 0 aliphatic carbocycles. The fourth-order valence-corrected chi connectivity index (χ4v) is 3.09. The Balaban J connectivity index is 1.77. The van der Waals surface area contributed by atoms with Gasteiger partial charge in [0.2, 0.25) is 0 Å². The van der Waals surface area contributed by atoms with E-state index in [1.54, 1.807) is 0 Å². The number of pyridine rings is 1. The van der Waals surface area contributed by atoms with E-state index in [-0.39, 0.29) is 0 Å². The van der Waals surface area contributed by atoms with Crippen LogP contribution in [-0.4, -0.2) is 4.98 Å². The van der Waals surface area contributed by atoms with Crippen molar-refractivity contribution in [3.63, 3.8) is 0 Å². The standard InChI is InChI=1S/C22H19N3/c23-19-8-6-17(7-9-19)21-11-10-20(16-12-14-24-15-13-16)22(25-21)18-4-2-1-3-5-18/h1-9,11-15,25H,10,23H2. The predicted molar refractivity (Wildman–Crippen MR) is 104 cm³/mol. The molecule has 0 unspecified atom stereocenters. The molecule has 0 spiro atoms. The highest BCUT2D eigenvalue weighted by molar-refractivity contribution is 5.96. The van der Waals surface area contributed by atoms with Crippen molar-refractivity contribution in [3.05, 3.63) is 102 Å². The first-order valence-corrected chi connectivity index (χ1v) is 8.33. The van der Waals surface area contributed by atoms with Gasteiger partial charge in [-0.2, -0.15) is 0 Å². The van der Waals surface area contributed by atoms with Gasteiger partial charge >= 0.3 is 0 Å². The summed E-state index contributed by atoms with van der Waals surface area (Å²) < 4.78 is 0. The highest BCUT2D eigenvalue weighted by Gasteiger charge is 2.17. The first kappa shape index (κ1) is 15.2. The number of rotatable bonds is 3. The molecule has 0 fully saturated rings. The van der Waals surface area contributed by atoms with Crippen LogP contribution < -0.4 is 11.1 Å². The van der Waals surface area contributed by atoms with Gasteiger partial charge in [-0.25, -0.2) is 0 Å². The Hall–Kier alpha value is -3.33. The zero-order chi connectivity index (χ0) is 17.1. The second-order valence-electron chi connectivity index (χ2n) is 6.02. The molecule has 0 amide bonds. The van der Waals surface area contributed by atoms with Crippen LogP contribution in [0.4, 0.5) is 5.69 Å². The minimum atomic E-state index is 0.774. The highest BCUT2D eigenvalue weighted by Crippen LogP contribution is 2.34. The number of allylic oxidation sites excluding steroid dienone is 2. The van der Waals surface area contributed by atoms with Crippen molar-refractivity contribution in [1.29, 1.82) is 0 Å². The molecule has 1 aliphatic rings. The van der Waals surface area contributed by atoms with Crippen molar-refractivity contribution < 1.29 is 0 Å². The van der Waals surface area contributed by atoms with Gasteiger partial charge in [0.1, 0.15) is 0 Å². The lowest BCUT2D eigenvalue weighted by Crippen LogP contribution is -2.16. The Morgan fingerprint density at radius 1 is 0.760 bits per heavy atom. The van der Waals surface area contributed by atoms with E-state index in [4.69, 9.17) is 5.73 Å². The van der Waals surface area contributed by atoms with E-state index in [2.05, 4.69) is 52.8 Å². The molecule has 0 radical (unpaired) electrons. The van der Waals surface area contributed by atoms with Gasteiger partial charge in [0.25, 0.3) is 0 Å². The van der Waals surface area contributed by atoms with Crippen molar-refractivity contribution in [1.82, 2.24) is 10.3 Å². The number of aromatic nitrogens is 1. The van der Waals surface area contributed by atoms with Crippen molar-refractivity contribution in [3.8, 4) is 0 Å². The molecule has 1 aromatic heterocycles. The highest BCUT2D eigenvalue weighted by atomic mass is 14.9. The summed E-state index contributed by atoms with van der Waals surface area (Å²) in [6.07, 6.45) is 6.77. The lowest BCUT2D eigenvalue weighted by molar-refractivity contribution is 1.16. The topological polar surface area (TPSA) is 50.9 Å². The number of dihydropyridines is 1. The molecular formula is C22H19N3. The van der Waals surface area contributed by atoms with E-state index in [9.17, 15) is 0 Å². The van der Waals surface area contributed by atoms with Crippen molar-refractivity contribution in [2.24, 2.45) is 0 Å². The van der Waals surface area contributed by atoms with E-state index >= 15 is 0 Å². The molecule has 3 heteroatoms. The normalized spacial score (nSPS) is 14.0. The van der Waals surface area contributed by atoms with Gasteiger partial charge in [-0.3, -0.25) is 4.98 Å². The lowest BCUT2D eigenvalue weighted by atomic mass is 9.93. The van der Waals surface area contributed by atoms with Gasteiger partial charge in [-0.05, 0) is 52.9 Å². The summed E-state index contributed by atoms with van der Waals surface area (Å²) in [6.45, 7) is 0. The SMILES string of the molecule is Nc1ccc(C2=CCC(c3ccncc3)=C(c3ccccc3)N2)cc1. The van der Waals surface area contributed by atoms with Crippen LogP contribution in [0.1, 0.15) is 23.1 Å². The molecule has 4 rings (SSSR count). The van der Waals surface area contributed by atoms with Crippen LogP contribution in [0.25, 0.3) is 17.0 Å². The fraction of sp³-hybridized carbons (Fsp3) is 0.0455. The second-order valence-corrected chi connectivity index (χ2v) is 6.02. The van der Waals surface area contributed by atoms with Gasteiger partial charge in [0.05, 0.1) is 0 Å². The smallest absolute Gasteiger partial charge is 0.0499 e. The van der Waals surface area contributed by atoms with E-state index in [0.717, 1.165) is 29.1 Å². The van der Waals surface area contributed by atoms with Crippen LogP contribution in [0.15, 0.2) is 85.2 Å². The minimum Gasteiger partial charge on any atom is -0.399 e. The van der Waals surface area contributed by atoms with Gasteiger partial charge in [-0.1, -0.05) is 48.5 Å². The molecule has 0 saturated carbocycles. The summed E-state index contributed by atoms with van der Waals surface area (Å²) >= 11 is 0. The number of nitrogens with two attached hydrogens (primary N) is 1. The summed E-state index contributed by atoms with van der Waals surface area (Å²) in [7, 11) is 0. The van der Waals surface area contributed by atoms with E-state index in [1.165, 1.54) is 16.7 Å². The molecule has 25 heavy (non-hydrogen) atoms. The Kier molecular flexibility index (Phi) is 4.05. The van der Waals surface area contributed by atoms with Crippen LogP contribution in [0.3, 0.4) is 0 Å². The Bertz CT molecular complexity index is 924. The van der Waals surface area contributed by atoms with Crippen LogP contribution in [0.2, 0.25) is 0 Å². The molecule has 0 saturated heterocycles. The number of hydrogen-bond donors (Lipinski definition) is 2. The number of benzene rings is 2. The molecule has 0 atom stereocenters. The summed E-state index contributed by atoms with van der Waals surface area (Å²) in [4.78, 5) is 4.14. The van der Waals surface area contributed by atoms with Crippen molar-refractivity contribution in [2.75, 3.05) is 5.73 Å². The van der Waals surface area contributed by atoms with E-state index in [1.807, 2.05) is 42.7 Å². The lowest BCUT2D eigenvalue weighted by Gasteiger charge is -2.24. The molecule has 0 bridgehead atoms. The number of nitrogens with zero attached hydrogens (tertiary/aromatic N) is 1. The third kappa shape index (κ3) is 3.17. The number of nitrogen functional groups attached to an aromatic ring is 1. The maximum absolute atomic E-state index is 5.82. The number of anilines is 1. The molecule has 3 nitrogen and oxygen atoms in total. The van der Waals surface area contributed by atoms with Crippen molar-refractivity contribution >= 4 is 22.7 Å². The van der Waals surface area contributed by atoms with E-state index < -0.39 is 0 Å². The quantitative estimate of drug-likeness (QED) is 0.694. The monoisotopic (exact) mass is 325 g/mol. The third-order valence-corrected chi connectivity index (χ3v) is 4.38. The molecule has 3 N–H and O–H groups in total. The zero-order valence-corrected chi connectivity index (χ0v) is 13.8. The molecule has 2 heterocycles. The Morgan fingerprint density at radius 2 is 1.48 bits per heavy atom. The predicted octanol–water partition coefficient (Wildman–Crippen LogP) is 4.57. The van der Waals surface area contributed by atoms with Crippen LogP contribution in [-0.2, 0) is 0 Å². The average molecular weight is 325 g/mol. The fourth-order valence-electron chi connectivity index (χ4n) is 3.09. The van der Waals surface area contributed by atoms with E-state index in [0.29, 0.717) is 0 Å². The third-order valence-electron chi connectivity index (χ3n) is 4.38. The summed E-state index contributed by atoms with van der Waals surface area (Å²) in [5, 5.41) is 3.63. The van der Waals surface area contributed by atoms with Gasteiger partial charge in [-0.15, -0.1) is 0 Å². The number of hydrogen-bond acceptors (Lipinski definition) is 3. The minimum absolute atomic E-state index is 0.774. The van der Waals surface area contributed by atoms with Crippen LogP contribution in [0.5, 0.6) is 0 Å². The maximum Gasteiger partial charge on any atom is 0.0499 e. The summed E-state index contributed by atoms with van der Waals surface area (Å²) in [5.41, 5.74) is 13.6. The Labute approximate surface area is 147 Å². The largest absolute Gasteiger partial charge is 0.399 e.